The highest BCUT2D eigenvalue weighted by Gasteiger charge is 2.27. The molecule has 2 rings (SSSR count). The van der Waals surface area contributed by atoms with Crippen molar-refractivity contribution in [3.63, 3.8) is 0 Å². The number of hydrogen-bond acceptors (Lipinski definition) is 3. The first-order chi connectivity index (χ1) is 10.0. The van der Waals surface area contributed by atoms with Gasteiger partial charge >= 0.3 is 0 Å². The molecule has 0 aliphatic carbocycles. The minimum absolute atomic E-state index is 0.0700. The number of halogens is 2. The third kappa shape index (κ3) is 4.19. The second-order valence-electron chi connectivity index (χ2n) is 5.54. The third-order valence-corrected chi connectivity index (χ3v) is 4.62. The van der Waals surface area contributed by atoms with Crippen molar-refractivity contribution in [3.05, 3.63) is 33.8 Å². The molecule has 1 saturated heterocycles. The van der Waals surface area contributed by atoms with Gasteiger partial charge in [0.2, 0.25) is 0 Å². The number of hydrogen-bond donors (Lipinski definition) is 0. The molecule has 1 unspecified atom stereocenters. The van der Waals surface area contributed by atoms with Crippen molar-refractivity contribution < 1.29 is 4.79 Å². The summed E-state index contributed by atoms with van der Waals surface area (Å²) in [6.45, 7) is 9.21. The molecule has 1 aromatic carbocycles. The summed E-state index contributed by atoms with van der Waals surface area (Å²) in [4.78, 5) is 17.3. The van der Waals surface area contributed by atoms with Gasteiger partial charge in [0.1, 0.15) is 0 Å². The highest BCUT2D eigenvalue weighted by Crippen LogP contribution is 2.23. The lowest BCUT2D eigenvalue weighted by atomic mass is 10.0. The van der Waals surface area contributed by atoms with Gasteiger partial charge in [-0.3, -0.25) is 9.69 Å². The Labute approximate surface area is 136 Å². The fraction of sp³-hybridized carbons (Fsp3) is 0.562. The molecule has 1 aliphatic rings. The summed E-state index contributed by atoms with van der Waals surface area (Å²) in [5, 5.41) is 0.987. The molecule has 0 aromatic heterocycles. The molecule has 1 aliphatic heterocycles. The molecule has 1 atom stereocenters. The van der Waals surface area contributed by atoms with Crippen LogP contribution < -0.4 is 0 Å². The smallest absolute Gasteiger partial charge is 0.181 e. The highest BCUT2D eigenvalue weighted by molar-refractivity contribution is 6.37. The van der Waals surface area contributed by atoms with Crippen LogP contribution in [0.4, 0.5) is 0 Å². The molecular weight excluding hydrogens is 307 g/mol. The van der Waals surface area contributed by atoms with E-state index in [9.17, 15) is 4.79 Å². The van der Waals surface area contributed by atoms with Gasteiger partial charge in [-0.25, -0.2) is 0 Å². The molecule has 1 fully saturated rings. The summed E-state index contributed by atoms with van der Waals surface area (Å²) in [5.41, 5.74) is 0.560. The van der Waals surface area contributed by atoms with Crippen LogP contribution in [-0.2, 0) is 0 Å². The van der Waals surface area contributed by atoms with Crippen molar-refractivity contribution in [2.24, 2.45) is 0 Å². The Hall–Kier alpha value is -0.610. The van der Waals surface area contributed by atoms with Crippen molar-refractivity contribution >= 4 is 29.0 Å². The molecule has 0 bridgehead atoms. The number of piperazine rings is 1. The van der Waals surface area contributed by atoms with E-state index in [1.165, 1.54) is 6.42 Å². The van der Waals surface area contributed by atoms with Crippen LogP contribution in [0.25, 0.3) is 0 Å². The lowest BCUT2D eigenvalue weighted by Gasteiger charge is -2.37. The number of ketones is 1. The van der Waals surface area contributed by atoms with Crippen LogP contribution in [0.3, 0.4) is 0 Å². The second kappa shape index (κ2) is 7.59. The van der Waals surface area contributed by atoms with Crippen LogP contribution in [0.1, 0.15) is 30.6 Å². The first-order valence-electron chi connectivity index (χ1n) is 7.48. The highest BCUT2D eigenvalue weighted by atomic mass is 35.5. The minimum atomic E-state index is -0.146. The molecule has 0 spiro atoms. The van der Waals surface area contributed by atoms with Crippen molar-refractivity contribution in [1.29, 1.82) is 0 Å². The normalized spacial score (nSPS) is 18.7. The predicted molar refractivity (Wildman–Crippen MR) is 88.6 cm³/mol. The molecule has 0 amide bonds. The number of nitrogens with zero attached hydrogens (tertiary/aromatic N) is 2. The SMILES string of the molecule is CCCN1CCN(C(C)C(=O)c2ccc(Cl)cc2Cl)CC1. The van der Waals surface area contributed by atoms with E-state index < -0.39 is 0 Å². The zero-order chi connectivity index (χ0) is 15.4. The maximum Gasteiger partial charge on any atom is 0.181 e. The molecule has 1 aromatic rings. The summed E-state index contributed by atoms with van der Waals surface area (Å²) < 4.78 is 0. The Balaban J connectivity index is 2.00. The standard InChI is InChI=1S/C16H22Cl2N2O/c1-3-6-19-7-9-20(10-8-19)12(2)16(21)14-5-4-13(17)11-15(14)18/h4-5,11-12H,3,6-10H2,1-2H3. The van der Waals surface area contributed by atoms with Gasteiger partial charge in [0.25, 0.3) is 0 Å². The first-order valence-corrected chi connectivity index (χ1v) is 8.24. The lowest BCUT2D eigenvalue weighted by Crippen LogP contribution is -2.51. The Morgan fingerprint density at radius 1 is 1.24 bits per heavy atom. The Bertz CT molecular complexity index is 499. The van der Waals surface area contributed by atoms with Crippen LogP contribution in [0.2, 0.25) is 10.0 Å². The lowest BCUT2D eigenvalue weighted by molar-refractivity contribution is 0.0701. The third-order valence-electron chi connectivity index (χ3n) is 4.07. The predicted octanol–water partition coefficient (Wildman–Crippen LogP) is 3.59. The number of carbonyl (C=O) groups is 1. The monoisotopic (exact) mass is 328 g/mol. The van der Waals surface area contributed by atoms with Gasteiger partial charge in [0.05, 0.1) is 11.1 Å². The average Bonchev–Trinajstić information content (AvgIpc) is 2.47. The van der Waals surface area contributed by atoms with Crippen LogP contribution in [0.5, 0.6) is 0 Å². The number of Topliss-reactive ketones (excluding diaryl/α,β-unsaturated/α-hetero) is 1. The minimum Gasteiger partial charge on any atom is -0.301 e. The maximum atomic E-state index is 12.6. The summed E-state index contributed by atoms with van der Waals surface area (Å²) in [6, 6.07) is 4.92. The van der Waals surface area contributed by atoms with Gasteiger partial charge in [0, 0.05) is 36.8 Å². The fourth-order valence-corrected chi connectivity index (χ4v) is 3.27. The van der Waals surface area contributed by atoms with E-state index in [4.69, 9.17) is 23.2 Å². The Morgan fingerprint density at radius 2 is 1.90 bits per heavy atom. The molecule has 21 heavy (non-hydrogen) atoms. The van der Waals surface area contributed by atoms with Gasteiger partial charge in [-0.2, -0.15) is 0 Å². The van der Waals surface area contributed by atoms with Gasteiger partial charge in [-0.15, -0.1) is 0 Å². The van der Waals surface area contributed by atoms with Gasteiger partial charge in [0.15, 0.2) is 5.78 Å². The largest absolute Gasteiger partial charge is 0.301 e. The fourth-order valence-electron chi connectivity index (χ4n) is 2.77. The Morgan fingerprint density at radius 3 is 2.48 bits per heavy atom. The zero-order valence-electron chi connectivity index (χ0n) is 12.6. The topological polar surface area (TPSA) is 23.6 Å². The average molecular weight is 329 g/mol. The second-order valence-corrected chi connectivity index (χ2v) is 6.39. The first kappa shape index (κ1) is 16.8. The van der Waals surface area contributed by atoms with E-state index in [0.29, 0.717) is 15.6 Å². The quantitative estimate of drug-likeness (QED) is 0.771. The molecule has 0 N–H and O–H groups in total. The Kier molecular flexibility index (Phi) is 6.06. The van der Waals surface area contributed by atoms with E-state index in [2.05, 4.69) is 16.7 Å². The van der Waals surface area contributed by atoms with E-state index in [1.54, 1.807) is 18.2 Å². The zero-order valence-corrected chi connectivity index (χ0v) is 14.1. The molecule has 5 heteroatoms. The summed E-state index contributed by atoms with van der Waals surface area (Å²) >= 11 is 12.0. The van der Waals surface area contributed by atoms with Crippen molar-refractivity contribution in [2.75, 3.05) is 32.7 Å². The molecule has 116 valence electrons. The number of carbonyl (C=O) groups excluding carboxylic acids is 1. The van der Waals surface area contributed by atoms with E-state index >= 15 is 0 Å². The van der Waals surface area contributed by atoms with Crippen molar-refractivity contribution in [1.82, 2.24) is 9.80 Å². The van der Waals surface area contributed by atoms with Gasteiger partial charge in [-0.1, -0.05) is 30.1 Å². The molecular formula is C16H22Cl2N2O. The molecule has 0 saturated carbocycles. The van der Waals surface area contributed by atoms with Crippen LogP contribution in [-0.4, -0.2) is 54.3 Å². The van der Waals surface area contributed by atoms with Crippen LogP contribution in [0, 0.1) is 0 Å². The molecule has 1 heterocycles. The van der Waals surface area contributed by atoms with E-state index in [-0.39, 0.29) is 11.8 Å². The van der Waals surface area contributed by atoms with E-state index in [1.807, 2.05) is 6.92 Å². The van der Waals surface area contributed by atoms with E-state index in [0.717, 1.165) is 32.7 Å². The maximum absolute atomic E-state index is 12.6. The number of benzene rings is 1. The molecule has 3 nitrogen and oxygen atoms in total. The molecule has 0 radical (unpaired) electrons. The van der Waals surface area contributed by atoms with Crippen molar-refractivity contribution in [3.8, 4) is 0 Å². The summed E-state index contributed by atoms with van der Waals surface area (Å²) in [7, 11) is 0. The van der Waals surface area contributed by atoms with Crippen LogP contribution >= 0.6 is 23.2 Å². The van der Waals surface area contributed by atoms with Crippen LogP contribution in [0.15, 0.2) is 18.2 Å². The van der Waals surface area contributed by atoms with Gasteiger partial charge in [-0.05, 0) is 38.1 Å². The number of rotatable bonds is 5. The van der Waals surface area contributed by atoms with Gasteiger partial charge < -0.3 is 4.90 Å². The van der Waals surface area contributed by atoms with Crippen molar-refractivity contribution in [2.45, 2.75) is 26.3 Å². The summed E-state index contributed by atoms with van der Waals surface area (Å²) in [5.74, 6) is 0.0700. The summed E-state index contributed by atoms with van der Waals surface area (Å²) in [6.07, 6.45) is 1.18.